The standard InChI is InChI=1S/C20H31BN2O3/c1-14-13-15(21-25-19(2,3)20(4,5)26-21)7-8-17(14)18(24)22-16-9-11-23(6)12-10-16/h7-8,13,16H,9-12H2,1-6H3,(H,22,24). The van der Waals surface area contributed by atoms with Crippen molar-refractivity contribution >= 4 is 18.5 Å². The van der Waals surface area contributed by atoms with Crippen molar-refractivity contribution in [3.8, 4) is 0 Å². The van der Waals surface area contributed by atoms with Gasteiger partial charge in [-0.15, -0.1) is 0 Å². The third-order valence-corrected chi connectivity index (χ3v) is 6.07. The lowest BCUT2D eigenvalue weighted by Gasteiger charge is -2.32. The van der Waals surface area contributed by atoms with E-state index in [2.05, 4.69) is 17.3 Å². The maximum absolute atomic E-state index is 12.7. The van der Waals surface area contributed by atoms with Crippen LogP contribution in [0, 0.1) is 6.92 Å². The smallest absolute Gasteiger partial charge is 0.399 e. The van der Waals surface area contributed by atoms with Crippen LogP contribution in [0.2, 0.25) is 0 Å². The maximum Gasteiger partial charge on any atom is 0.494 e. The zero-order chi connectivity index (χ0) is 19.1. The molecule has 0 unspecified atom stereocenters. The summed E-state index contributed by atoms with van der Waals surface area (Å²) in [4.78, 5) is 15.0. The molecule has 2 heterocycles. The third-order valence-electron chi connectivity index (χ3n) is 6.07. The zero-order valence-corrected chi connectivity index (χ0v) is 16.9. The van der Waals surface area contributed by atoms with E-state index in [0.717, 1.165) is 42.5 Å². The van der Waals surface area contributed by atoms with Gasteiger partial charge < -0.3 is 19.5 Å². The lowest BCUT2D eigenvalue weighted by molar-refractivity contribution is 0.00578. The van der Waals surface area contributed by atoms with Gasteiger partial charge in [-0.25, -0.2) is 0 Å². The average molecular weight is 358 g/mol. The summed E-state index contributed by atoms with van der Waals surface area (Å²) in [5.41, 5.74) is 1.90. The molecule has 0 atom stereocenters. The van der Waals surface area contributed by atoms with Crippen LogP contribution >= 0.6 is 0 Å². The predicted octanol–water partition coefficient (Wildman–Crippen LogP) is 2.12. The second-order valence-electron chi connectivity index (χ2n) is 8.71. The zero-order valence-electron chi connectivity index (χ0n) is 16.9. The Morgan fingerprint density at radius 3 is 2.27 bits per heavy atom. The minimum absolute atomic E-state index is 0.0116. The number of amides is 1. The topological polar surface area (TPSA) is 50.8 Å². The van der Waals surface area contributed by atoms with E-state index in [9.17, 15) is 4.79 Å². The molecular weight excluding hydrogens is 327 g/mol. The molecule has 2 fully saturated rings. The summed E-state index contributed by atoms with van der Waals surface area (Å²) in [5, 5.41) is 3.18. The number of piperidine rings is 1. The lowest BCUT2D eigenvalue weighted by atomic mass is 9.78. The number of nitrogens with zero attached hydrogens (tertiary/aromatic N) is 1. The van der Waals surface area contributed by atoms with Gasteiger partial charge in [0, 0.05) is 11.6 Å². The molecule has 6 heteroatoms. The molecule has 142 valence electrons. The van der Waals surface area contributed by atoms with Crippen LogP contribution in [0.3, 0.4) is 0 Å². The number of rotatable bonds is 3. The van der Waals surface area contributed by atoms with Gasteiger partial charge in [0.15, 0.2) is 0 Å². The first kappa shape index (κ1) is 19.4. The van der Waals surface area contributed by atoms with E-state index < -0.39 is 7.12 Å². The van der Waals surface area contributed by atoms with Crippen LogP contribution in [0.5, 0.6) is 0 Å². The number of hydrogen-bond donors (Lipinski definition) is 1. The average Bonchev–Trinajstić information content (AvgIpc) is 2.77. The highest BCUT2D eigenvalue weighted by Gasteiger charge is 2.51. The van der Waals surface area contributed by atoms with Crippen LogP contribution in [-0.2, 0) is 9.31 Å². The molecule has 2 aliphatic heterocycles. The summed E-state index contributed by atoms with van der Waals surface area (Å²) in [7, 11) is 1.72. The largest absolute Gasteiger partial charge is 0.494 e. The molecule has 0 bridgehead atoms. The van der Waals surface area contributed by atoms with Gasteiger partial charge in [-0.2, -0.15) is 0 Å². The quantitative estimate of drug-likeness (QED) is 0.841. The summed E-state index contributed by atoms with van der Waals surface area (Å²) in [6, 6.07) is 6.10. The Morgan fingerprint density at radius 2 is 1.73 bits per heavy atom. The molecule has 1 amide bonds. The Kier molecular flexibility index (Phi) is 5.21. The van der Waals surface area contributed by atoms with E-state index in [0.29, 0.717) is 0 Å². The SMILES string of the molecule is Cc1cc(B2OC(C)(C)C(C)(C)O2)ccc1C(=O)NC1CCN(C)CC1. The van der Waals surface area contributed by atoms with Gasteiger partial charge in [0.2, 0.25) is 0 Å². The molecule has 0 aliphatic carbocycles. The highest BCUT2D eigenvalue weighted by Crippen LogP contribution is 2.36. The van der Waals surface area contributed by atoms with Gasteiger partial charge in [0.05, 0.1) is 11.2 Å². The molecule has 26 heavy (non-hydrogen) atoms. The second kappa shape index (κ2) is 6.99. The van der Waals surface area contributed by atoms with Crippen LogP contribution in [0.15, 0.2) is 18.2 Å². The molecule has 0 saturated carbocycles. The number of carbonyl (C=O) groups is 1. The first-order valence-corrected chi connectivity index (χ1v) is 9.55. The molecule has 5 nitrogen and oxygen atoms in total. The van der Waals surface area contributed by atoms with Gasteiger partial charge in [-0.05, 0) is 84.7 Å². The number of hydrogen-bond acceptors (Lipinski definition) is 4. The molecule has 0 spiro atoms. The number of nitrogens with one attached hydrogen (secondary N) is 1. The third kappa shape index (κ3) is 3.82. The summed E-state index contributed by atoms with van der Waals surface area (Å²) in [6.45, 7) is 12.2. The van der Waals surface area contributed by atoms with Crippen molar-refractivity contribution in [2.24, 2.45) is 0 Å². The van der Waals surface area contributed by atoms with Crippen molar-refractivity contribution in [3.05, 3.63) is 29.3 Å². The van der Waals surface area contributed by atoms with Gasteiger partial charge in [0.25, 0.3) is 5.91 Å². The molecular formula is C20H31BN2O3. The van der Waals surface area contributed by atoms with Crippen LogP contribution < -0.4 is 10.8 Å². The molecule has 0 aromatic heterocycles. The molecule has 1 aromatic rings. The minimum Gasteiger partial charge on any atom is -0.399 e. The Morgan fingerprint density at radius 1 is 1.15 bits per heavy atom. The molecule has 2 aliphatic rings. The first-order chi connectivity index (χ1) is 12.1. The fourth-order valence-corrected chi connectivity index (χ4v) is 3.48. The number of aryl methyl sites for hydroxylation is 1. The summed E-state index contributed by atoms with van der Waals surface area (Å²) >= 11 is 0. The Labute approximate surface area is 157 Å². The Bertz CT molecular complexity index is 666. The van der Waals surface area contributed by atoms with E-state index in [1.807, 2.05) is 52.8 Å². The molecule has 1 N–H and O–H groups in total. The van der Waals surface area contributed by atoms with E-state index in [1.54, 1.807) is 0 Å². The summed E-state index contributed by atoms with van der Waals surface area (Å²) in [6.07, 6.45) is 2.01. The normalized spacial score (nSPS) is 23.2. The Hall–Kier alpha value is -1.37. The van der Waals surface area contributed by atoms with Crippen LogP contribution in [-0.4, -0.2) is 55.3 Å². The summed E-state index contributed by atoms with van der Waals surface area (Å²) < 4.78 is 12.2. The lowest BCUT2D eigenvalue weighted by Crippen LogP contribution is -2.43. The Balaban J connectivity index is 1.69. The van der Waals surface area contributed by atoms with Crippen molar-refractivity contribution in [2.45, 2.75) is 64.7 Å². The molecule has 2 saturated heterocycles. The van der Waals surface area contributed by atoms with Crippen LogP contribution in [0.1, 0.15) is 56.5 Å². The highest BCUT2D eigenvalue weighted by atomic mass is 16.7. The van der Waals surface area contributed by atoms with E-state index in [4.69, 9.17) is 9.31 Å². The van der Waals surface area contributed by atoms with E-state index in [1.165, 1.54) is 0 Å². The first-order valence-electron chi connectivity index (χ1n) is 9.55. The van der Waals surface area contributed by atoms with E-state index >= 15 is 0 Å². The van der Waals surface area contributed by atoms with E-state index in [-0.39, 0.29) is 23.2 Å². The van der Waals surface area contributed by atoms with Crippen molar-refractivity contribution < 1.29 is 14.1 Å². The van der Waals surface area contributed by atoms with Gasteiger partial charge in [0.1, 0.15) is 0 Å². The number of carbonyl (C=O) groups excluding carboxylic acids is 1. The molecule has 0 radical (unpaired) electrons. The van der Waals surface area contributed by atoms with Crippen molar-refractivity contribution in [2.75, 3.05) is 20.1 Å². The molecule has 3 rings (SSSR count). The fourth-order valence-electron chi connectivity index (χ4n) is 3.48. The van der Waals surface area contributed by atoms with Crippen molar-refractivity contribution in [1.82, 2.24) is 10.2 Å². The predicted molar refractivity (Wildman–Crippen MR) is 105 cm³/mol. The second-order valence-corrected chi connectivity index (χ2v) is 8.71. The monoisotopic (exact) mass is 358 g/mol. The van der Waals surface area contributed by atoms with Gasteiger partial charge in [-0.3, -0.25) is 4.79 Å². The van der Waals surface area contributed by atoms with Crippen molar-refractivity contribution in [1.29, 1.82) is 0 Å². The van der Waals surface area contributed by atoms with Crippen molar-refractivity contribution in [3.63, 3.8) is 0 Å². The fraction of sp³-hybridized carbons (Fsp3) is 0.650. The summed E-state index contributed by atoms with van der Waals surface area (Å²) in [5.74, 6) is 0.0116. The maximum atomic E-state index is 12.7. The van der Waals surface area contributed by atoms with Crippen LogP contribution in [0.4, 0.5) is 0 Å². The minimum atomic E-state index is -0.398. The number of benzene rings is 1. The van der Waals surface area contributed by atoms with Gasteiger partial charge >= 0.3 is 7.12 Å². The van der Waals surface area contributed by atoms with Crippen LogP contribution in [0.25, 0.3) is 0 Å². The highest BCUT2D eigenvalue weighted by molar-refractivity contribution is 6.62. The van der Waals surface area contributed by atoms with Gasteiger partial charge in [-0.1, -0.05) is 12.1 Å². The number of likely N-dealkylation sites (tertiary alicyclic amines) is 1. The molecule has 1 aromatic carbocycles.